The van der Waals surface area contributed by atoms with Gasteiger partial charge in [0, 0.05) is 0 Å². The molecule has 0 saturated heterocycles. The average molecular weight is 130 g/mol. The van der Waals surface area contributed by atoms with Gasteiger partial charge in [-0.3, -0.25) is 0 Å². The van der Waals surface area contributed by atoms with E-state index in [2.05, 4.69) is 6.92 Å². The maximum Gasteiger partial charge on any atom is 2.00 e. The summed E-state index contributed by atoms with van der Waals surface area (Å²) < 4.78 is 0. The molecule has 0 bridgehead atoms. The van der Waals surface area contributed by atoms with E-state index in [-0.39, 0.29) is 31.9 Å². The van der Waals surface area contributed by atoms with Gasteiger partial charge in [0.25, 0.3) is 0 Å². The van der Waals surface area contributed by atoms with E-state index in [0.717, 1.165) is 0 Å². The van der Waals surface area contributed by atoms with Crippen LogP contribution in [0.4, 0.5) is 0 Å². The number of rotatable bonds is 0. The average Bonchev–Trinajstić information content (AvgIpc) is 1.00. The maximum atomic E-state index is 3.25. The van der Waals surface area contributed by atoms with Crippen molar-refractivity contribution in [3.05, 3.63) is 6.92 Å². The first-order valence-electron chi connectivity index (χ1n) is 0.707. The fourth-order valence-electron chi connectivity index (χ4n) is 0. The molecule has 0 aromatic carbocycles. The molecule has 0 aromatic heterocycles. The van der Waals surface area contributed by atoms with E-state index in [1.54, 1.807) is 6.92 Å². The fourth-order valence-corrected chi connectivity index (χ4v) is 0. The molecule has 0 aliphatic heterocycles. The zero-order valence-electron chi connectivity index (χ0n) is 2.79. The first-order chi connectivity index (χ1) is 1.00. The molecule has 0 aliphatic carbocycles. The van der Waals surface area contributed by atoms with Gasteiger partial charge < -0.3 is 19.3 Å². The van der Waals surface area contributed by atoms with Gasteiger partial charge >= 0.3 is 19.5 Å². The van der Waals surface area contributed by atoms with Crippen molar-refractivity contribution in [2.45, 2.75) is 6.92 Å². The van der Waals surface area contributed by atoms with Crippen LogP contribution >= 0.6 is 0 Å². The molecule has 0 unspecified atom stereocenters. The van der Waals surface area contributed by atoms with Crippen LogP contribution in [0.2, 0.25) is 0 Å². The molecule has 0 aromatic rings. The number of hydrogen-bond donors (Lipinski definition) is 0. The van der Waals surface area contributed by atoms with E-state index in [0.29, 0.717) is 0 Å². The van der Waals surface area contributed by atoms with Crippen LogP contribution < -0.4 is 12.4 Å². The molecule has 4 heavy (non-hydrogen) atoms. The minimum Gasteiger partial charge on any atom is -1.00 e. The Bertz CT molecular complexity index is 6.00. The number of hydrogen-bond acceptors (Lipinski definition) is 0. The van der Waals surface area contributed by atoms with Gasteiger partial charge in [0.05, 0.1) is 0 Å². The van der Waals surface area contributed by atoms with Gasteiger partial charge in [-0.2, -0.15) is 6.92 Å². The summed E-state index contributed by atoms with van der Waals surface area (Å²) in [4.78, 5) is 0. The second kappa shape index (κ2) is 39.8. The minimum absolute atomic E-state index is 0. The minimum atomic E-state index is 0. The Morgan fingerprint density at radius 1 is 1.25 bits per heavy atom. The van der Waals surface area contributed by atoms with Gasteiger partial charge in [0.15, 0.2) is 0 Å². The second-order valence-electron chi connectivity index (χ2n) is 0. The Morgan fingerprint density at radius 2 is 1.25 bits per heavy atom. The Morgan fingerprint density at radius 3 is 1.25 bits per heavy atom. The van der Waals surface area contributed by atoms with Gasteiger partial charge in [-0.25, -0.2) is 0 Å². The zero-order chi connectivity index (χ0) is 2.00. The summed E-state index contributed by atoms with van der Waals surface area (Å²) in [5, 5.41) is 0. The molecule has 0 fully saturated rings. The third-order valence-electron chi connectivity index (χ3n) is 0. The molecule has 0 amide bonds. The van der Waals surface area contributed by atoms with Crippen LogP contribution in [0.15, 0.2) is 0 Å². The predicted molar refractivity (Wildman–Crippen MR) is 11.0 cm³/mol. The fraction of sp³-hybridized carbons (Fsp3) is 0.500. The summed E-state index contributed by atoms with van der Waals surface area (Å²) in [6.45, 7) is 5.00. The van der Waals surface area contributed by atoms with Crippen LogP contribution in [-0.4, -0.2) is 0 Å². The van der Waals surface area contributed by atoms with Gasteiger partial charge in [0.2, 0.25) is 0 Å². The molecule has 0 rings (SSSR count). The van der Waals surface area contributed by atoms with Gasteiger partial charge in [0.1, 0.15) is 0 Å². The summed E-state index contributed by atoms with van der Waals surface area (Å²) in [5.41, 5.74) is 0. The van der Waals surface area contributed by atoms with Crippen LogP contribution in [0.25, 0.3) is 0 Å². The van der Waals surface area contributed by atoms with E-state index in [1.165, 1.54) is 0 Å². The largest absolute Gasteiger partial charge is 2.00 e. The van der Waals surface area contributed by atoms with Gasteiger partial charge in [-0.15, -0.1) is 0 Å². The Kier molecular flexibility index (Phi) is 205. The van der Waals surface area contributed by atoms with Crippen molar-refractivity contribution < 1.29 is 31.9 Å². The molecular weight excluding hydrogens is 125 g/mol. The summed E-state index contributed by atoms with van der Waals surface area (Å²) in [5.74, 6) is 0. The van der Waals surface area contributed by atoms with E-state index in [9.17, 15) is 0 Å². The van der Waals surface area contributed by atoms with Crippen molar-refractivity contribution in [1.29, 1.82) is 0 Å². The van der Waals surface area contributed by atoms with Crippen molar-refractivity contribution in [3.63, 3.8) is 0 Å². The van der Waals surface area contributed by atoms with E-state index in [4.69, 9.17) is 0 Å². The molecule has 0 radical (unpaired) electrons. The van der Waals surface area contributed by atoms with Crippen LogP contribution in [0, 0.1) is 6.92 Å². The molecule has 2 heteroatoms. The molecule has 0 atom stereocenters. The Balaban J connectivity index is -0.00000000500. The molecule has 0 N–H and O–H groups in total. The SMILES string of the molecule is [CH2-]C.[Cl-].[Zn+2]. The predicted octanol–water partition coefficient (Wildman–Crippen LogP) is -2.16. The normalized spacial score (nSPS) is 1.50. The van der Waals surface area contributed by atoms with Gasteiger partial charge in [-0.1, -0.05) is 0 Å². The van der Waals surface area contributed by atoms with Gasteiger partial charge in [-0.05, 0) is 0 Å². The van der Waals surface area contributed by atoms with Crippen molar-refractivity contribution in [1.82, 2.24) is 0 Å². The first-order valence-corrected chi connectivity index (χ1v) is 0.707. The smallest absolute Gasteiger partial charge is 1.00 e. The van der Waals surface area contributed by atoms with E-state index >= 15 is 0 Å². The van der Waals surface area contributed by atoms with E-state index in [1.807, 2.05) is 0 Å². The van der Waals surface area contributed by atoms with E-state index < -0.39 is 0 Å². The zero-order valence-corrected chi connectivity index (χ0v) is 6.52. The summed E-state index contributed by atoms with van der Waals surface area (Å²) >= 11 is 0. The molecular formula is C2H5ClZn. The Hall–Kier alpha value is 0.913. The standard InChI is InChI=1S/C2H5.ClH.Zn/c1-2;;/h1H2,2H3;1H;/q-1;;+2/p-1. The Labute approximate surface area is 46.1 Å². The third-order valence-corrected chi connectivity index (χ3v) is 0. The van der Waals surface area contributed by atoms with Crippen molar-refractivity contribution in [2.75, 3.05) is 0 Å². The molecule has 0 nitrogen and oxygen atoms in total. The molecule has 22 valence electrons. The van der Waals surface area contributed by atoms with Crippen LogP contribution in [-0.2, 0) is 19.5 Å². The van der Waals surface area contributed by atoms with Crippen LogP contribution in [0.3, 0.4) is 0 Å². The maximum absolute atomic E-state index is 3.25. The van der Waals surface area contributed by atoms with Crippen molar-refractivity contribution in [2.24, 2.45) is 0 Å². The second-order valence-corrected chi connectivity index (χ2v) is 0. The summed E-state index contributed by atoms with van der Waals surface area (Å²) in [6, 6.07) is 0. The molecule has 0 spiro atoms. The summed E-state index contributed by atoms with van der Waals surface area (Å²) in [7, 11) is 0. The van der Waals surface area contributed by atoms with Crippen LogP contribution in [0.1, 0.15) is 6.92 Å². The number of halogens is 1. The summed E-state index contributed by atoms with van der Waals surface area (Å²) in [6.07, 6.45) is 0. The molecule has 0 saturated carbocycles. The van der Waals surface area contributed by atoms with Crippen molar-refractivity contribution in [3.8, 4) is 0 Å². The molecule has 0 heterocycles. The monoisotopic (exact) mass is 128 g/mol. The topological polar surface area (TPSA) is 0 Å². The third kappa shape index (κ3) is 12.8. The van der Waals surface area contributed by atoms with Crippen molar-refractivity contribution >= 4 is 0 Å². The first kappa shape index (κ1) is 20.6. The molecule has 0 aliphatic rings. The van der Waals surface area contributed by atoms with Crippen LogP contribution in [0.5, 0.6) is 0 Å². The quantitative estimate of drug-likeness (QED) is 0.259.